The molecule has 5 atom stereocenters. The molecule has 86 heavy (non-hydrogen) atoms. The number of nitrogens with zero attached hydrogens (tertiary/aromatic N) is 2. The summed E-state index contributed by atoms with van der Waals surface area (Å²) < 4.78 is 51.4. The third kappa shape index (κ3) is 11.6. The molecular weight excluding hydrogens is 1080 g/mol. The smallest absolute Gasteiger partial charge is 0.276 e. The highest BCUT2D eigenvalue weighted by molar-refractivity contribution is 6.39. The van der Waals surface area contributed by atoms with Crippen molar-refractivity contribution in [1.82, 2.24) is 20.0 Å². The number of aromatic nitrogens is 2. The van der Waals surface area contributed by atoms with E-state index in [2.05, 4.69) is 15.0 Å². The Morgan fingerprint density at radius 1 is 0.488 bits per heavy atom. The minimum absolute atomic E-state index is 0.0669. The van der Waals surface area contributed by atoms with Crippen molar-refractivity contribution in [3.8, 4) is 11.5 Å². The first-order valence-corrected chi connectivity index (χ1v) is 28.9. The monoisotopic (exact) mass is 1150 g/mol. The molecule has 0 aliphatic carbocycles. The number of aromatic amines is 1. The van der Waals surface area contributed by atoms with Crippen LogP contribution in [-0.2, 0) is 63.3 Å². The van der Waals surface area contributed by atoms with Gasteiger partial charge in [0.15, 0.2) is 6.23 Å². The summed E-state index contributed by atoms with van der Waals surface area (Å²) in [5.41, 5.74) is 11.1. The third-order valence-corrected chi connectivity index (χ3v) is 15.9. The third-order valence-electron chi connectivity index (χ3n) is 15.9. The maximum atomic E-state index is 15.5. The SMILES string of the molecule is O=C1c2c(c3c4ccc(OCc5ccccc5)cc4n(C4O[C@H](COCc5ccccc5)[C@@H](OCc5ccccc5)[C@H](OCc5ccccc5)[C@H]4OCc4ccccc4)c3c3[nH]c4cc(OCc5ccccc5)ccc4c23)C(=O)N1NC(CO)CO. The van der Waals surface area contributed by atoms with Crippen molar-refractivity contribution in [3.63, 3.8) is 0 Å². The lowest BCUT2D eigenvalue weighted by Gasteiger charge is -2.47. The highest BCUT2D eigenvalue weighted by Crippen LogP contribution is 2.49. The number of aliphatic hydroxyl groups is 2. The maximum Gasteiger partial charge on any atom is 0.276 e. The van der Waals surface area contributed by atoms with Crippen molar-refractivity contribution in [2.24, 2.45) is 0 Å². The van der Waals surface area contributed by atoms with Crippen LogP contribution in [0, 0.1) is 0 Å². The summed E-state index contributed by atoms with van der Waals surface area (Å²) in [6.45, 7) is 0.359. The molecule has 4 heterocycles. The molecule has 2 aliphatic rings. The molecule has 1 saturated heterocycles. The van der Waals surface area contributed by atoms with Gasteiger partial charge in [0.1, 0.15) is 49.1 Å². The molecule has 9 aromatic carbocycles. The van der Waals surface area contributed by atoms with Gasteiger partial charge in [-0.2, -0.15) is 0 Å². The molecule has 434 valence electrons. The lowest BCUT2D eigenvalue weighted by atomic mass is 9.95. The Labute approximate surface area is 496 Å². The van der Waals surface area contributed by atoms with Gasteiger partial charge in [0.05, 0.1) is 85.5 Å². The van der Waals surface area contributed by atoms with Crippen LogP contribution in [0.1, 0.15) is 60.3 Å². The number of amides is 2. The molecule has 4 N–H and O–H groups in total. The number of rotatable bonds is 24. The second kappa shape index (κ2) is 25.7. The van der Waals surface area contributed by atoms with E-state index in [4.69, 9.17) is 33.2 Å². The highest BCUT2D eigenvalue weighted by Gasteiger charge is 2.51. The number of hydrogen-bond acceptors (Lipinski definition) is 12. The maximum absolute atomic E-state index is 15.5. The molecule has 0 saturated carbocycles. The number of fused-ring (bicyclic) bond motifs is 10. The van der Waals surface area contributed by atoms with E-state index in [9.17, 15) is 10.2 Å². The number of hydrazine groups is 1. The fourth-order valence-corrected chi connectivity index (χ4v) is 11.7. The van der Waals surface area contributed by atoms with E-state index in [1.54, 1.807) is 0 Å². The number of carbonyl (C=O) groups is 2. The van der Waals surface area contributed by atoms with Gasteiger partial charge < -0.3 is 52.9 Å². The molecule has 0 radical (unpaired) electrons. The standard InChI is InChI=1S/C71H64N4O11/c76-37-52(38-77)73-75-69(78)62-60-55-33-31-53(81-40-47-21-9-2-10-22-47)35-57(55)72-64(60)65-61(63(62)70(75)79)56-34-32-54(82-41-48-23-11-3-12-24-48)36-58(56)74(65)71-68(85-44-51-29-17-6-18-30-51)67(84-43-50-27-15-5-16-28-50)66(83-42-49-25-13-4-14-26-49)59(86-71)45-80-39-46-19-7-1-8-20-46/h1-36,52,59,66-68,71-73,76-77H,37-45H2/t59-,66-,67+,68-,71?/m1/s1. The Bertz CT molecular complexity index is 4110. The Hall–Kier alpha value is -9.00. The molecule has 11 aromatic rings. The van der Waals surface area contributed by atoms with Crippen LogP contribution in [0.25, 0.3) is 43.6 Å². The number of ether oxygens (including phenoxy) is 7. The molecule has 2 amide bonds. The normalized spacial score (nSPS) is 17.8. The number of H-pyrrole nitrogens is 1. The molecule has 2 aliphatic heterocycles. The molecule has 2 aromatic heterocycles. The average molecular weight is 1150 g/mol. The fourth-order valence-electron chi connectivity index (χ4n) is 11.7. The molecule has 0 spiro atoms. The number of hydrogen-bond donors (Lipinski definition) is 4. The predicted octanol–water partition coefficient (Wildman–Crippen LogP) is 11.9. The minimum atomic E-state index is -1.09. The summed E-state index contributed by atoms with van der Waals surface area (Å²) in [6.07, 6.45) is -4.51. The van der Waals surface area contributed by atoms with Crippen molar-refractivity contribution in [1.29, 1.82) is 0 Å². The van der Waals surface area contributed by atoms with Gasteiger partial charge in [-0.1, -0.05) is 182 Å². The Morgan fingerprint density at radius 2 is 0.930 bits per heavy atom. The van der Waals surface area contributed by atoms with Crippen molar-refractivity contribution in [2.45, 2.75) is 76.3 Å². The van der Waals surface area contributed by atoms with E-state index >= 15 is 9.59 Å². The van der Waals surface area contributed by atoms with E-state index < -0.39 is 61.7 Å². The minimum Gasteiger partial charge on any atom is -0.489 e. The number of imide groups is 1. The quantitative estimate of drug-likeness (QED) is 0.0422. The van der Waals surface area contributed by atoms with Gasteiger partial charge in [-0.3, -0.25) is 9.59 Å². The molecule has 13 rings (SSSR count). The second-order valence-electron chi connectivity index (χ2n) is 21.6. The summed E-state index contributed by atoms with van der Waals surface area (Å²) in [5.74, 6) is -0.226. The lowest BCUT2D eigenvalue weighted by Crippen LogP contribution is -2.59. The van der Waals surface area contributed by atoms with Gasteiger partial charge in [0.25, 0.3) is 11.8 Å². The van der Waals surface area contributed by atoms with Gasteiger partial charge in [0, 0.05) is 33.7 Å². The summed E-state index contributed by atoms with van der Waals surface area (Å²) in [5, 5.41) is 23.8. The number of benzene rings is 9. The topological polar surface area (TPSA) is 175 Å². The second-order valence-corrected chi connectivity index (χ2v) is 21.6. The summed E-state index contributed by atoms with van der Waals surface area (Å²) in [4.78, 5) is 34.6. The number of aliphatic hydroxyl groups excluding tert-OH is 2. The summed E-state index contributed by atoms with van der Waals surface area (Å²) in [7, 11) is 0. The zero-order valence-electron chi connectivity index (χ0n) is 47.1. The van der Waals surface area contributed by atoms with E-state index in [1.807, 2.05) is 218 Å². The van der Waals surface area contributed by atoms with Gasteiger partial charge in [-0.05, 0) is 57.6 Å². The first kappa shape index (κ1) is 56.1. The first-order valence-electron chi connectivity index (χ1n) is 28.9. The van der Waals surface area contributed by atoms with E-state index in [0.717, 1.165) is 38.4 Å². The molecule has 15 heteroatoms. The average Bonchev–Trinajstić information content (AvgIpc) is 1.54. The molecule has 1 unspecified atom stereocenters. The predicted molar refractivity (Wildman–Crippen MR) is 327 cm³/mol. The Balaban J connectivity index is 1.06. The van der Waals surface area contributed by atoms with Crippen molar-refractivity contribution in [2.75, 3.05) is 19.8 Å². The Morgan fingerprint density at radius 3 is 1.44 bits per heavy atom. The Kier molecular flexibility index (Phi) is 16.8. The van der Waals surface area contributed by atoms with Crippen LogP contribution in [0.2, 0.25) is 0 Å². The van der Waals surface area contributed by atoms with Gasteiger partial charge in [-0.15, -0.1) is 0 Å². The molecule has 0 bridgehead atoms. The van der Waals surface area contributed by atoms with Gasteiger partial charge >= 0.3 is 0 Å². The number of nitrogens with one attached hydrogen (secondary N) is 2. The molecule has 15 nitrogen and oxygen atoms in total. The molecule has 1 fully saturated rings. The first-order chi connectivity index (χ1) is 42.4. The van der Waals surface area contributed by atoms with Crippen molar-refractivity contribution < 1.29 is 53.0 Å². The summed E-state index contributed by atoms with van der Waals surface area (Å²) in [6, 6.07) is 69.9. The van der Waals surface area contributed by atoms with Gasteiger partial charge in [0.2, 0.25) is 0 Å². The zero-order valence-corrected chi connectivity index (χ0v) is 47.1. The molecular formula is C71H64N4O11. The lowest BCUT2D eigenvalue weighted by molar-refractivity contribution is -0.288. The van der Waals surface area contributed by atoms with Crippen LogP contribution in [0.3, 0.4) is 0 Å². The van der Waals surface area contributed by atoms with Crippen LogP contribution in [-0.4, -0.2) is 86.9 Å². The largest absolute Gasteiger partial charge is 0.489 e. The fraction of sp³-hybridized carbons (Fsp3) is 0.211. The van der Waals surface area contributed by atoms with Crippen LogP contribution < -0.4 is 14.9 Å². The van der Waals surface area contributed by atoms with E-state index in [-0.39, 0.29) is 50.8 Å². The highest BCUT2D eigenvalue weighted by atomic mass is 16.6. The van der Waals surface area contributed by atoms with Crippen LogP contribution in [0.15, 0.2) is 218 Å². The van der Waals surface area contributed by atoms with Crippen LogP contribution in [0.4, 0.5) is 0 Å². The zero-order chi connectivity index (χ0) is 58.3. The summed E-state index contributed by atoms with van der Waals surface area (Å²) >= 11 is 0. The number of carbonyl (C=O) groups excluding carboxylic acids is 2. The van der Waals surface area contributed by atoms with Crippen LogP contribution >= 0.6 is 0 Å². The van der Waals surface area contributed by atoms with E-state index in [1.165, 1.54) is 0 Å². The van der Waals surface area contributed by atoms with Crippen LogP contribution in [0.5, 0.6) is 11.5 Å². The van der Waals surface area contributed by atoms with E-state index in [0.29, 0.717) is 61.7 Å². The van der Waals surface area contributed by atoms with Crippen molar-refractivity contribution in [3.05, 3.63) is 263 Å². The van der Waals surface area contributed by atoms with Crippen molar-refractivity contribution >= 4 is 55.4 Å². The van der Waals surface area contributed by atoms with Gasteiger partial charge in [-0.25, -0.2) is 10.4 Å².